The molecule has 98 valence electrons. The summed E-state index contributed by atoms with van der Waals surface area (Å²) in [6.45, 7) is 5.78. The van der Waals surface area contributed by atoms with Crippen LogP contribution in [0.25, 0.3) is 0 Å². The predicted octanol–water partition coefficient (Wildman–Crippen LogP) is 1.75. The topological polar surface area (TPSA) is 50.4 Å². The Morgan fingerprint density at radius 2 is 2.00 bits per heavy atom. The van der Waals surface area contributed by atoms with Crippen LogP contribution in [0.4, 0.5) is 0 Å². The van der Waals surface area contributed by atoms with E-state index in [9.17, 15) is 4.79 Å². The zero-order valence-corrected chi connectivity index (χ0v) is 11.1. The summed E-state index contributed by atoms with van der Waals surface area (Å²) < 4.78 is 0. The average molecular weight is 240 g/mol. The van der Waals surface area contributed by atoms with Crippen LogP contribution in [0.2, 0.25) is 0 Å². The number of carbonyl (C=O) groups excluding carboxylic acids is 1. The molecule has 2 rings (SSSR count). The molecule has 0 aromatic heterocycles. The van der Waals surface area contributed by atoms with Crippen molar-refractivity contribution in [2.75, 3.05) is 0 Å². The van der Waals surface area contributed by atoms with Gasteiger partial charge in [0.2, 0.25) is 0 Å². The van der Waals surface area contributed by atoms with Gasteiger partial charge in [-0.15, -0.1) is 0 Å². The van der Waals surface area contributed by atoms with Crippen LogP contribution in [0.15, 0.2) is 0 Å². The predicted molar refractivity (Wildman–Crippen MR) is 66.3 cm³/mol. The van der Waals surface area contributed by atoms with Crippen molar-refractivity contribution < 1.29 is 9.63 Å². The molecule has 1 amide bonds. The molecule has 3 unspecified atom stereocenters. The van der Waals surface area contributed by atoms with Crippen molar-refractivity contribution in [3.05, 3.63) is 0 Å². The minimum Gasteiger partial charge on any atom is -0.303 e. The van der Waals surface area contributed by atoms with E-state index in [1.807, 2.05) is 20.8 Å². The van der Waals surface area contributed by atoms with E-state index >= 15 is 0 Å². The molecule has 2 N–H and O–H groups in total. The number of hydrogen-bond acceptors (Lipinski definition) is 3. The fourth-order valence-electron chi connectivity index (χ4n) is 2.80. The van der Waals surface area contributed by atoms with Gasteiger partial charge in [0.05, 0.1) is 11.6 Å². The van der Waals surface area contributed by atoms with Crippen LogP contribution in [-0.2, 0) is 9.63 Å². The third-order valence-electron chi connectivity index (χ3n) is 3.64. The Bertz CT molecular complexity index is 272. The van der Waals surface area contributed by atoms with E-state index in [0.29, 0.717) is 12.0 Å². The normalized spacial score (nSPS) is 33.2. The zero-order chi connectivity index (χ0) is 12.5. The molecule has 1 saturated heterocycles. The minimum absolute atomic E-state index is 0.0191. The zero-order valence-electron chi connectivity index (χ0n) is 11.1. The second-order valence-electron chi connectivity index (χ2n) is 6.29. The SMILES string of the molecule is CC(C)(C)ONC(=O)C1CC2CCCCC2N1. The first-order chi connectivity index (χ1) is 7.96. The Morgan fingerprint density at radius 3 is 2.65 bits per heavy atom. The van der Waals surface area contributed by atoms with Gasteiger partial charge in [-0.3, -0.25) is 9.63 Å². The lowest BCUT2D eigenvalue weighted by molar-refractivity contribution is -0.147. The molecule has 17 heavy (non-hydrogen) atoms. The Balaban J connectivity index is 1.81. The van der Waals surface area contributed by atoms with Gasteiger partial charge in [-0.05, 0) is 46.0 Å². The van der Waals surface area contributed by atoms with Crippen molar-refractivity contribution in [2.45, 2.75) is 70.6 Å². The molecule has 4 heteroatoms. The van der Waals surface area contributed by atoms with Gasteiger partial charge in [-0.2, -0.15) is 0 Å². The Kier molecular flexibility index (Phi) is 3.73. The maximum Gasteiger partial charge on any atom is 0.260 e. The third-order valence-corrected chi connectivity index (χ3v) is 3.64. The van der Waals surface area contributed by atoms with Crippen molar-refractivity contribution in [3.63, 3.8) is 0 Å². The van der Waals surface area contributed by atoms with Gasteiger partial charge in [0.1, 0.15) is 0 Å². The number of hydrogen-bond donors (Lipinski definition) is 2. The largest absolute Gasteiger partial charge is 0.303 e. The molecule has 1 aliphatic heterocycles. The van der Waals surface area contributed by atoms with Crippen LogP contribution >= 0.6 is 0 Å². The van der Waals surface area contributed by atoms with Crippen LogP contribution in [0.3, 0.4) is 0 Å². The lowest BCUT2D eigenvalue weighted by Crippen LogP contribution is -2.45. The monoisotopic (exact) mass is 240 g/mol. The molecule has 1 saturated carbocycles. The summed E-state index contributed by atoms with van der Waals surface area (Å²) in [5.41, 5.74) is 2.24. The first-order valence-corrected chi connectivity index (χ1v) is 6.69. The van der Waals surface area contributed by atoms with Gasteiger partial charge >= 0.3 is 0 Å². The smallest absolute Gasteiger partial charge is 0.260 e. The van der Waals surface area contributed by atoms with E-state index in [1.165, 1.54) is 25.7 Å². The van der Waals surface area contributed by atoms with Gasteiger partial charge < -0.3 is 5.32 Å². The molecular formula is C13H24N2O2. The van der Waals surface area contributed by atoms with E-state index in [4.69, 9.17) is 4.84 Å². The van der Waals surface area contributed by atoms with E-state index in [-0.39, 0.29) is 17.6 Å². The van der Waals surface area contributed by atoms with Crippen molar-refractivity contribution >= 4 is 5.91 Å². The fraction of sp³-hybridized carbons (Fsp3) is 0.923. The maximum absolute atomic E-state index is 11.9. The quantitative estimate of drug-likeness (QED) is 0.723. The summed E-state index contributed by atoms with van der Waals surface area (Å²) in [7, 11) is 0. The van der Waals surface area contributed by atoms with Gasteiger partial charge in [0, 0.05) is 6.04 Å². The second-order valence-corrected chi connectivity index (χ2v) is 6.29. The molecule has 0 spiro atoms. The first-order valence-electron chi connectivity index (χ1n) is 6.69. The number of nitrogens with one attached hydrogen (secondary N) is 2. The molecular weight excluding hydrogens is 216 g/mol. The summed E-state index contributed by atoms with van der Waals surface area (Å²) in [4.78, 5) is 17.3. The fourth-order valence-corrected chi connectivity index (χ4v) is 2.80. The lowest BCUT2D eigenvalue weighted by atomic mass is 9.85. The minimum atomic E-state index is -0.332. The van der Waals surface area contributed by atoms with Crippen LogP contribution in [0, 0.1) is 5.92 Å². The van der Waals surface area contributed by atoms with Crippen molar-refractivity contribution in [2.24, 2.45) is 5.92 Å². The molecule has 3 atom stereocenters. The molecule has 1 heterocycles. The van der Waals surface area contributed by atoms with Crippen molar-refractivity contribution in [1.82, 2.24) is 10.8 Å². The molecule has 1 aliphatic carbocycles. The van der Waals surface area contributed by atoms with Crippen LogP contribution in [0.5, 0.6) is 0 Å². The summed E-state index contributed by atoms with van der Waals surface area (Å²) in [6, 6.07) is 0.486. The van der Waals surface area contributed by atoms with Crippen molar-refractivity contribution in [3.8, 4) is 0 Å². The molecule has 4 nitrogen and oxygen atoms in total. The van der Waals surface area contributed by atoms with Gasteiger partial charge in [0.15, 0.2) is 0 Å². The van der Waals surface area contributed by atoms with Gasteiger partial charge in [-0.1, -0.05) is 12.8 Å². The molecule has 2 fully saturated rings. The highest BCUT2D eigenvalue weighted by molar-refractivity contribution is 5.81. The number of hydroxylamine groups is 1. The van der Waals surface area contributed by atoms with E-state index in [2.05, 4.69) is 10.8 Å². The van der Waals surface area contributed by atoms with Crippen LogP contribution < -0.4 is 10.8 Å². The number of amides is 1. The van der Waals surface area contributed by atoms with E-state index in [0.717, 1.165) is 6.42 Å². The highest BCUT2D eigenvalue weighted by atomic mass is 16.7. The van der Waals surface area contributed by atoms with E-state index < -0.39 is 0 Å². The highest BCUT2D eigenvalue weighted by Crippen LogP contribution is 2.33. The van der Waals surface area contributed by atoms with Gasteiger partial charge in [-0.25, -0.2) is 5.48 Å². The maximum atomic E-state index is 11.9. The van der Waals surface area contributed by atoms with E-state index in [1.54, 1.807) is 0 Å². The Hall–Kier alpha value is -0.610. The van der Waals surface area contributed by atoms with Crippen LogP contribution in [0.1, 0.15) is 52.9 Å². The number of carbonyl (C=O) groups is 1. The molecule has 0 bridgehead atoms. The second kappa shape index (κ2) is 4.94. The first kappa shape index (κ1) is 12.8. The molecule has 0 radical (unpaired) electrons. The molecule has 2 aliphatic rings. The average Bonchev–Trinajstić information content (AvgIpc) is 2.68. The highest BCUT2D eigenvalue weighted by Gasteiger charge is 2.38. The van der Waals surface area contributed by atoms with Gasteiger partial charge in [0.25, 0.3) is 5.91 Å². The summed E-state index contributed by atoms with van der Waals surface area (Å²) in [5.74, 6) is 0.670. The lowest BCUT2D eigenvalue weighted by Gasteiger charge is -2.24. The number of fused-ring (bicyclic) bond motifs is 1. The standard InChI is InChI=1S/C13H24N2O2/c1-13(2,3)17-15-12(16)11-8-9-6-4-5-7-10(9)14-11/h9-11,14H,4-8H2,1-3H3,(H,15,16). The third kappa shape index (κ3) is 3.42. The molecule has 0 aromatic rings. The van der Waals surface area contributed by atoms with Crippen LogP contribution in [-0.4, -0.2) is 23.6 Å². The summed E-state index contributed by atoms with van der Waals surface area (Å²) >= 11 is 0. The van der Waals surface area contributed by atoms with Crippen molar-refractivity contribution in [1.29, 1.82) is 0 Å². The summed E-state index contributed by atoms with van der Waals surface area (Å²) in [5, 5.41) is 3.44. The number of rotatable bonds is 2. The Morgan fingerprint density at radius 1 is 1.29 bits per heavy atom. The molecule has 0 aromatic carbocycles. The Labute approximate surface area is 103 Å². The summed E-state index contributed by atoms with van der Waals surface area (Å²) in [6.07, 6.45) is 6.05.